The number of morpholine rings is 1. The molecule has 2 aromatic rings. The third-order valence-corrected chi connectivity index (χ3v) is 4.25. The highest BCUT2D eigenvalue weighted by atomic mass is 19.4. The minimum atomic E-state index is -4.39. The van der Waals surface area contributed by atoms with Gasteiger partial charge in [0, 0.05) is 25.4 Å². The molecule has 0 bridgehead atoms. The first-order valence-corrected chi connectivity index (χ1v) is 8.61. The van der Waals surface area contributed by atoms with Gasteiger partial charge in [0.2, 0.25) is 5.88 Å². The van der Waals surface area contributed by atoms with Crippen molar-refractivity contribution in [1.82, 2.24) is 9.88 Å². The Kier molecular flexibility index (Phi) is 6.11. The van der Waals surface area contributed by atoms with E-state index in [1.165, 1.54) is 11.6 Å². The Morgan fingerprint density at radius 3 is 2.38 bits per heavy atom. The second-order valence-electron chi connectivity index (χ2n) is 6.19. The predicted octanol–water partition coefficient (Wildman–Crippen LogP) is 4.16. The monoisotopic (exact) mass is 366 g/mol. The third kappa shape index (κ3) is 5.44. The van der Waals surface area contributed by atoms with Gasteiger partial charge in [-0.25, -0.2) is 4.98 Å². The van der Waals surface area contributed by atoms with E-state index >= 15 is 0 Å². The van der Waals surface area contributed by atoms with Crippen LogP contribution in [0.25, 0.3) is 0 Å². The molecule has 1 fully saturated rings. The molecule has 1 aromatic heterocycles. The number of alkyl halides is 3. The van der Waals surface area contributed by atoms with Crippen molar-refractivity contribution in [1.29, 1.82) is 0 Å². The van der Waals surface area contributed by atoms with Gasteiger partial charge >= 0.3 is 6.18 Å². The van der Waals surface area contributed by atoms with Gasteiger partial charge in [-0.05, 0) is 43.1 Å². The minimum Gasteiger partial charge on any atom is -0.439 e. The van der Waals surface area contributed by atoms with Crippen molar-refractivity contribution in [3.63, 3.8) is 0 Å². The van der Waals surface area contributed by atoms with E-state index < -0.39 is 11.7 Å². The topological polar surface area (TPSA) is 34.6 Å². The average molecular weight is 366 g/mol. The molecule has 0 spiro atoms. The number of hydrogen-bond donors (Lipinski definition) is 0. The summed E-state index contributed by atoms with van der Waals surface area (Å²) in [6.07, 6.45) is -1.58. The first-order valence-electron chi connectivity index (χ1n) is 8.61. The van der Waals surface area contributed by atoms with Crippen LogP contribution >= 0.6 is 0 Å². The zero-order valence-electron chi connectivity index (χ0n) is 14.3. The van der Waals surface area contributed by atoms with Crippen LogP contribution < -0.4 is 4.74 Å². The molecule has 0 aliphatic carbocycles. The highest BCUT2D eigenvalue weighted by Crippen LogP contribution is 2.30. The van der Waals surface area contributed by atoms with E-state index in [0.29, 0.717) is 5.75 Å². The number of aryl methyl sites for hydroxylation is 1. The van der Waals surface area contributed by atoms with Crippen molar-refractivity contribution < 1.29 is 22.6 Å². The van der Waals surface area contributed by atoms with Crippen LogP contribution in [0, 0.1) is 0 Å². The Morgan fingerprint density at radius 1 is 1.04 bits per heavy atom. The molecule has 0 unspecified atom stereocenters. The van der Waals surface area contributed by atoms with Gasteiger partial charge in [-0.3, -0.25) is 4.90 Å². The van der Waals surface area contributed by atoms with E-state index in [-0.39, 0.29) is 5.88 Å². The van der Waals surface area contributed by atoms with Crippen LogP contribution in [0.4, 0.5) is 13.2 Å². The van der Waals surface area contributed by atoms with Gasteiger partial charge in [0.25, 0.3) is 0 Å². The first kappa shape index (κ1) is 18.7. The molecular formula is C19H21F3N2O2. The number of ether oxygens (including phenoxy) is 2. The van der Waals surface area contributed by atoms with Crippen LogP contribution in [0.5, 0.6) is 11.6 Å². The van der Waals surface area contributed by atoms with Crippen molar-refractivity contribution in [2.45, 2.75) is 19.0 Å². The van der Waals surface area contributed by atoms with Crippen LogP contribution in [-0.2, 0) is 17.3 Å². The summed E-state index contributed by atoms with van der Waals surface area (Å²) in [6, 6.07) is 9.74. The van der Waals surface area contributed by atoms with E-state index in [2.05, 4.69) is 9.88 Å². The van der Waals surface area contributed by atoms with Gasteiger partial charge < -0.3 is 9.47 Å². The SMILES string of the molecule is FC(F)(F)c1ccc(Oc2ccc(CCCN3CCOCC3)cc2)nc1. The van der Waals surface area contributed by atoms with Crippen molar-refractivity contribution in [3.05, 3.63) is 53.7 Å². The number of aromatic nitrogens is 1. The maximum atomic E-state index is 12.5. The lowest BCUT2D eigenvalue weighted by Gasteiger charge is -2.26. The summed E-state index contributed by atoms with van der Waals surface area (Å²) < 4.78 is 48.4. The number of hydrogen-bond acceptors (Lipinski definition) is 4. The fourth-order valence-electron chi connectivity index (χ4n) is 2.78. The fraction of sp³-hybridized carbons (Fsp3) is 0.421. The van der Waals surface area contributed by atoms with E-state index in [1.807, 2.05) is 24.3 Å². The van der Waals surface area contributed by atoms with Crippen molar-refractivity contribution in [3.8, 4) is 11.6 Å². The fourth-order valence-corrected chi connectivity index (χ4v) is 2.78. The Bertz CT molecular complexity index is 681. The normalized spacial score (nSPS) is 15.8. The highest BCUT2D eigenvalue weighted by Gasteiger charge is 2.30. The van der Waals surface area contributed by atoms with E-state index in [4.69, 9.17) is 9.47 Å². The molecule has 0 N–H and O–H groups in total. The average Bonchev–Trinajstić information content (AvgIpc) is 2.64. The number of halogens is 3. The lowest BCUT2D eigenvalue weighted by atomic mass is 10.1. The molecule has 1 aliphatic heterocycles. The van der Waals surface area contributed by atoms with E-state index in [1.54, 1.807) is 0 Å². The smallest absolute Gasteiger partial charge is 0.417 e. The van der Waals surface area contributed by atoms with Crippen LogP contribution in [0.15, 0.2) is 42.6 Å². The van der Waals surface area contributed by atoms with E-state index in [9.17, 15) is 13.2 Å². The summed E-state index contributed by atoms with van der Waals surface area (Å²) in [5.74, 6) is 0.687. The number of benzene rings is 1. The third-order valence-electron chi connectivity index (χ3n) is 4.25. The summed E-state index contributed by atoms with van der Waals surface area (Å²) in [7, 11) is 0. The lowest BCUT2D eigenvalue weighted by Crippen LogP contribution is -2.36. The molecule has 2 heterocycles. The number of pyridine rings is 1. The van der Waals surface area contributed by atoms with Crippen LogP contribution in [0.1, 0.15) is 17.5 Å². The largest absolute Gasteiger partial charge is 0.439 e. The summed E-state index contributed by atoms with van der Waals surface area (Å²) in [5.41, 5.74) is 0.409. The summed E-state index contributed by atoms with van der Waals surface area (Å²) in [6.45, 7) is 4.66. The highest BCUT2D eigenvalue weighted by molar-refractivity contribution is 5.31. The van der Waals surface area contributed by atoms with Gasteiger partial charge in [0.1, 0.15) is 5.75 Å². The van der Waals surface area contributed by atoms with Gasteiger partial charge in [-0.1, -0.05) is 12.1 Å². The second-order valence-corrected chi connectivity index (χ2v) is 6.19. The molecule has 1 aliphatic rings. The molecule has 0 amide bonds. The molecule has 1 aromatic carbocycles. The van der Waals surface area contributed by atoms with Gasteiger partial charge in [-0.15, -0.1) is 0 Å². The number of rotatable bonds is 6. The molecule has 3 rings (SSSR count). The zero-order valence-corrected chi connectivity index (χ0v) is 14.3. The standard InChI is InChI=1S/C19H21F3N2O2/c20-19(21,22)16-5-8-18(23-14-16)26-17-6-3-15(4-7-17)2-1-9-24-10-12-25-13-11-24/h3-8,14H,1-2,9-13H2. The Labute approximate surface area is 150 Å². The van der Waals surface area contributed by atoms with Gasteiger partial charge in [0.05, 0.1) is 18.8 Å². The molecule has 7 heteroatoms. The molecule has 26 heavy (non-hydrogen) atoms. The molecule has 0 radical (unpaired) electrons. The Hall–Kier alpha value is -2.12. The lowest BCUT2D eigenvalue weighted by molar-refractivity contribution is -0.137. The van der Waals surface area contributed by atoms with Crippen molar-refractivity contribution >= 4 is 0 Å². The molecule has 1 saturated heterocycles. The van der Waals surface area contributed by atoms with Crippen molar-refractivity contribution in [2.24, 2.45) is 0 Å². The van der Waals surface area contributed by atoms with Crippen LogP contribution in [-0.4, -0.2) is 42.7 Å². The van der Waals surface area contributed by atoms with Crippen LogP contribution in [0.2, 0.25) is 0 Å². The second kappa shape index (κ2) is 8.51. The summed E-state index contributed by atoms with van der Waals surface area (Å²) >= 11 is 0. The number of nitrogens with zero attached hydrogens (tertiary/aromatic N) is 2. The summed E-state index contributed by atoms with van der Waals surface area (Å²) in [5, 5.41) is 0. The first-order chi connectivity index (χ1) is 12.5. The van der Waals surface area contributed by atoms with Gasteiger partial charge in [-0.2, -0.15) is 13.2 Å². The van der Waals surface area contributed by atoms with E-state index in [0.717, 1.165) is 58.0 Å². The molecule has 140 valence electrons. The molecular weight excluding hydrogens is 345 g/mol. The molecule has 0 atom stereocenters. The minimum absolute atomic E-state index is 0.137. The zero-order chi connectivity index (χ0) is 18.4. The van der Waals surface area contributed by atoms with Gasteiger partial charge in [0.15, 0.2) is 0 Å². The quantitative estimate of drug-likeness (QED) is 0.769. The Balaban J connectivity index is 1.48. The van der Waals surface area contributed by atoms with Crippen LogP contribution in [0.3, 0.4) is 0 Å². The summed E-state index contributed by atoms with van der Waals surface area (Å²) in [4.78, 5) is 6.11. The predicted molar refractivity (Wildman–Crippen MR) is 91.3 cm³/mol. The maximum absolute atomic E-state index is 12.5. The molecule has 4 nitrogen and oxygen atoms in total. The maximum Gasteiger partial charge on any atom is 0.417 e. The van der Waals surface area contributed by atoms with Crippen molar-refractivity contribution in [2.75, 3.05) is 32.8 Å². The molecule has 0 saturated carbocycles. The Morgan fingerprint density at radius 2 is 1.77 bits per heavy atom.